The molecule has 1 aliphatic heterocycles. The molecule has 1 aromatic carbocycles. The van der Waals surface area contributed by atoms with Crippen LogP contribution in [0.1, 0.15) is 21.5 Å². The first-order chi connectivity index (χ1) is 13.8. The molecule has 138 valence electrons. The van der Waals surface area contributed by atoms with Gasteiger partial charge in [0.1, 0.15) is 5.82 Å². The maximum atomic E-state index is 12.9. The second-order valence-electron chi connectivity index (χ2n) is 6.42. The number of rotatable bonds is 2. The molecule has 1 saturated heterocycles. The van der Waals surface area contributed by atoms with E-state index in [-0.39, 0.29) is 5.91 Å². The van der Waals surface area contributed by atoms with E-state index in [1.807, 2.05) is 35.2 Å². The van der Waals surface area contributed by atoms with Gasteiger partial charge in [-0.05, 0) is 18.2 Å². The summed E-state index contributed by atoms with van der Waals surface area (Å²) in [6.07, 6.45) is 8.37. The summed E-state index contributed by atoms with van der Waals surface area (Å²) < 4.78 is 0. The van der Waals surface area contributed by atoms with Gasteiger partial charge >= 0.3 is 0 Å². The summed E-state index contributed by atoms with van der Waals surface area (Å²) in [7, 11) is 0. The molecular weight excluding hydrogens is 350 g/mol. The Balaban J connectivity index is 1.42. The number of carbonyl (C=O) groups excluding carboxylic acids is 1. The van der Waals surface area contributed by atoms with Crippen LogP contribution in [0, 0.1) is 11.8 Å². The van der Waals surface area contributed by atoms with Gasteiger partial charge in [-0.1, -0.05) is 30.0 Å². The lowest BCUT2D eigenvalue weighted by Gasteiger charge is -2.35. The molecule has 1 aliphatic rings. The Kier molecular flexibility index (Phi) is 5.25. The van der Waals surface area contributed by atoms with Crippen molar-refractivity contribution in [3.8, 4) is 11.8 Å². The minimum atomic E-state index is -0.0188. The van der Waals surface area contributed by atoms with Gasteiger partial charge < -0.3 is 9.80 Å². The van der Waals surface area contributed by atoms with E-state index in [1.54, 1.807) is 37.1 Å². The Hall–Kier alpha value is -3.72. The van der Waals surface area contributed by atoms with Gasteiger partial charge in [-0.25, -0.2) is 4.98 Å². The molecule has 3 heterocycles. The van der Waals surface area contributed by atoms with Gasteiger partial charge in [0.15, 0.2) is 0 Å². The van der Waals surface area contributed by atoms with Gasteiger partial charge in [0.2, 0.25) is 0 Å². The van der Waals surface area contributed by atoms with Gasteiger partial charge in [-0.2, -0.15) is 0 Å². The van der Waals surface area contributed by atoms with Crippen LogP contribution in [0.5, 0.6) is 0 Å². The predicted molar refractivity (Wildman–Crippen MR) is 107 cm³/mol. The smallest absolute Gasteiger partial charge is 0.255 e. The number of carbonyl (C=O) groups is 1. The van der Waals surface area contributed by atoms with Crippen LogP contribution in [0.25, 0.3) is 0 Å². The molecule has 0 N–H and O–H groups in total. The molecule has 0 spiro atoms. The van der Waals surface area contributed by atoms with Gasteiger partial charge in [0, 0.05) is 62.1 Å². The molecule has 0 aliphatic carbocycles. The SMILES string of the molecule is O=C(c1cncc(C#Cc2ccccc2)c1)N1CCN(c2cnccn2)CC1. The second kappa shape index (κ2) is 8.31. The normalized spacial score (nSPS) is 13.6. The van der Waals surface area contributed by atoms with Crippen LogP contribution in [0.2, 0.25) is 0 Å². The number of benzene rings is 1. The Morgan fingerprint density at radius 1 is 0.857 bits per heavy atom. The molecule has 3 aromatic rings. The molecule has 2 aromatic heterocycles. The van der Waals surface area contributed by atoms with E-state index in [4.69, 9.17) is 0 Å². The van der Waals surface area contributed by atoms with Crippen LogP contribution in [0.15, 0.2) is 67.4 Å². The summed E-state index contributed by atoms with van der Waals surface area (Å²) in [6.45, 7) is 2.72. The fourth-order valence-electron chi connectivity index (χ4n) is 3.07. The fraction of sp³-hybridized carbons (Fsp3) is 0.182. The van der Waals surface area contributed by atoms with Crippen molar-refractivity contribution in [2.24, 2.45) is 0 Å². The minimum Gasteiger partial charge on any atom is -0.352 e. The number of amides is 1. The van der Waals surface area contributed by atoms with Crippen LogP contribution >= 0.6 is 0 Å². The van der Waals surface area contributed by atoms with Crippen molar-refractivity contribution in [3.05, 3.63) is 84.1 Å². The summed E-state index contributed by atoms with van der Waals surface area (Å²) in [6, 6.07) is 11.6. The Morgan fingerprint density at radius 2 is 1.64 bits per heavy atom. The first kappa shape index (κ1) is 17.7. The molecule has 1 fully saturated rings. The zero-order valence-corrected chi connectivity index (χ0v) is 15.3. The Morgan fingerprint density at radius 3 is 2.39 bits per heavy atom. The van der Waals surface area contributed by atoms with E-state index in [2.05, 4.69) is 31.7 Å². The number of aromatic nitrogens is 3. The van der Waals surface area contributed by atoms with E-state index in [9.17, 15) is 4.79 Å². The van der Waals surface area contributed by atoms with Crippen molar-refractivity contribution in [2.75, 3.05) is 31.1 Å². The van der Waals surface area contributed by atoms with E-state index >= 15 is 0 Å². The third-order valence-electron chi connectivity index (χ3n) is 4.55. The van der Waals surface area contributed by atoms with Crippen molar-refractivity contribution in [1.29, 1.82) is 0 Å². The van der Waals surface area contributed by atoms with Crippen LogP contribution in [-0.4, -0.2) is 51.9 Å². The number of pyridine rings is 1. The Labute approximate surface area is 163 Å². The Bertz CT molecular complexity index is 1000. The van der Waals surface area contributed by atoms with Crippen LogP contribution in [0.4, 0.5) is 5.82 Å². The van der Waals surface area contributed by atoms with Gasteiger partial charge in [0.25, 0.3) is 5.91 Å². The highest BCUT2D eigenvalue weighted by atomic mass is 16.2. The van der Waals surface area contributed by atoms with Crippen LogP contribution in [-0.2, 0) is 0 Å². The molecule has 1 amide bonds. The summed E-state index contributed by atoms with van der Waals surface area (Å²) in [5.74, 6) is 7.00. The molecular formula is C22H19N5O. The van der Waals surface area contributed by atoms with Gasteiger partial charge in [0.05, 0.1) is 11.8 Å². The zero-order chi connectivity index (χ0) is 19.2. The topological polar surface area (TPSA) is 62.2 Å². The molecule has 4 rings (SSSR count). The van der Waals surface area contributed by atoms with Crippen molar-refractivity contribution in [1.82, 2.24) is 19.9 Å². The molecule has 0 atom stereocenters. The first-order valence-electron chi connectivity index (χ1n) is 9.12. The second-order valence-corrected chi connectivity index (χ2v) is 6.42. The molecule has 0 saturated carbocycles. The van der Waals surface area contributed by atoms with Crippen molar-refractivity contribution >= 4 is 11.7 Å². The fourth-order valence-corrected chi connectivity index (χ4v) is 3.07. The third kappa shape index (κ3) is 4.15. The van der Waals surface area contributed by atoms with Crippen LogP contribution in [0.3, 0.4) is 0 Å². The molecule has 0 bridgehead atoms. The summed E-state index contributed by atoms with van der Waals surface area (Å²) >= 11 is 0. The number of nitrogens with zero attached hydrogens (tertiary/aromatic N) is 5. The monoisotopic (exact) mass is 369 g/mol. The first-order valence-corrected chi connectivity index (χ1v) is 9.12. The van der Waals surface area contributed by atoms with Crippen molar-refractivity contribution < 1.29 is 4.79 Å². The maximum absolute atomic E-state index is 12.9. The molecule has 6 nitrogen and oxygen atoms in total. The lowest BCUT2D eigenvalue weighted by atomic mass is 10.1. The highest BCUT2D eigenvalue weighted by Gasteiger charge is 2.23. The summed E-state index contributed by atoms with van der Waals surface area (Å²) in [4.78, 5) is 29.5. The van der Waals surface area contributed by atoms with Crippen molar-refractivity contribution in [2.45, 2.75) is 0 Å². The average molecular weight is 369 g/mol. The van der Waals surface area contributed by atoms with Gasteiger partial charge in [-0.15, -0.1) is 0 Å². The van der Waals surface area contributed by atoms with E-state index in [1.165, 1.54) is 0 Å². The van der Waals surface area contributed by atoms with Crippen LogP contribution < -0.4 is 4.90 Å². The standard InChI is InChI=1S/C22H19N5O/c28-22(27-12-10-26(11-13-27)21-17-23-8-9-25-21)20-14-19(15-24-16-20)7-6-18-4-2-1-3-5-18/h1-5,8-9,14-17H,10-13H2. The van der Waals surface area contributed by atoms with Crippen molar-refractivity contribution in [3.63, 3.8) is 0 Å². The predicted octanol–water partition coefficient (Wildman–Crippen LogP) is 2.23. The number of piperazine rings is 1. The quantitative estimate of drug-likeness (QED) is 0.649. The minimum absolute atomic E-state index is 0.0188. The maximum Gasteiger partial charge on any atom is 0.255 e. The number of hydrogen-bond acceptors (Lipinski definition) is 5. The molecule has 0 radical (unpaired) electrons. The number of hydrogen-bond donors (Lipinski definition) is 0. The van der Waals surface area contributed by atoms with E-state index in [0.29, 0.717) is 18.7 Å². The van der Waals surface area contributed by atoms with Gasteiger partial charge in [-0.3, -0.25) is 14.8 Å². The molecule has 0 unspecified atom stereocenters. The molecule has 6 heteroatoms. The highest BCUT2D eigenvalue weighted by Crippen LogP contribution is 2.14. The largest absolute Gasteiger partial charge is 0.352 e. The lowest BCUT2D eigenvalue weighted by molar-refractivity contribution is 0.0746. The summed E-state index contributed by atoms with van der Waals surface area (Å²) in [5, 5.41) is 0. The lowest BCUT2D eigenvalue weighted by Crippen LogP contribution is -2.49. The summed E-state index contributed by atoms with van der Waals surface area (Å²) in [5.41, 5.74) is 2.22. The third-order valence-corrected chi connectivity index (χ3v) is 4.55. The zero-order valence-electron chi connectivity index (χ0n) is 15.3. The molecule has 28 heavy (non-hydrogen) atoms. The highest BCUT2D eigenvalue weighted by molar-refractivity contribution is 5.94. The average Bonchev–Trinajstić information content (AvgIpc) is 2.79. The number of anilines is 1. The van der Waals surface area contributed by atoms with E-state index in [0.717, 1.165) is 30.0 Å². The van der Waals surface area contributed by atoms with E-state index < -0.39 is 0 Å².